The third kappa shape index (κ3) is 3.38. The Labute approximate surface area is 127 Å². The van der Waals surface area contributed by atoms with E-state index in [-0.39, 0.29) is 11.9 Å². The van der Waals surface area contributed by atoms with E-state index in [0.717, 1.165) is 27.9 Å². The number of nitrogens with one attached hydrogen (secondary N) is 1. The molecule has 1 unspecified atom stereocenters. The molecular formula is C16H17BrFNO. The van der Waals surface area contributed by atoms with Crippen molar-refractivity contribution in [2.24, 2.45) is 0 Å². The van der Waals surface area contributed by atoms with Gasteiger partial charge in [-0.15, -0.1) is 0 Å². The summed E-state index contributed by atoms with van der Waals surface area (Å²) in [5.41, 5.74) is 2.08. The summed E-state index contributed by atoms with van der Waals surface area (Å²) in [5, 5.41) is 3.42. The molecular weight excluding hydrogens is 321 g/mol. The number of rotatable bonds is 5. The van der Waals surface area contributed by atoms with Crippen LogP contribution in [0.15, 0.2) is 46.9 Å². The summed E-state index contributed by atoms with van der Waals surface area (Å²) in [6.45, 7) is 2.86. The molecule has 1 N–H and O–H groups in total. The number of halogens is 2. The second kappa shape index (κ2) is 6.86. The zero-order chi connectivity index (χ0) is 14.5. The minimum absolute atomic E-state index is 0.00919. The van der Waals surface area contributed by atoms with Gasteiger partial charge in [-0.05, 0) is 48.0 Å². The Bertz CT molecular complexity index is 571. The SMILES string of the molecule is CCNC(c1ccc(F)cc1)c1cc(OC)ccc1Br. The van der Waals surface area contributed by atoms with Gasteiger partial charge in [0, 0.05) is 4.47 Å². The molecule has 0 spiro atoms. The summed E-state index contributed by atoms with van der Waals surface area (Å²) in [6.07, 6.45) is 0. The molecule has 0 saturated heterocycles. The van der Waals surface area contributed by atoms with E-state index in [2.05, 4.69) is 21.2 Å². The Morgan fingerprint density at radius 2 is 1.90 bits per heavy atom. The molecule has 106 valence electrons. The molecule has 2 rings (SSSR count). The van der Waals surface area contributed by atoms with Crippen LogP contribution in [0.4, 0.5) is 4.39 Å². The molecule has 4 heteroatoms. The van der Waals surface area contributed by atoms with Crippen LogP contribution in [0.3, 0.4) is 0 Å². The van der Waals surface area contributed by atoms with Gasteiger partial charge in [-0.25, -0.2) is 4.39 Å². The quantitative estimate of drug-likeness (QED) is 0.878. The van der Waals surface area contributed by atoms with Crippen molar-refractivity contribution in [1.29, 1.82) is 0 Å². The van der Waals surface area contributed by atoms with E-state index in [1.807, 2.05) is 25.1 Å². The fraction of sp³-hybridized carbons (Fsp3) is 0.250. The van der Waals surface area contributed by atoms with Crippen molar-refractivity contribution >= 4 is 15.9 Å². The first kappa shape index (κ1) is 15.0. The number of benzene rings is 2. The molecule has 0 aliphatic rings. The molecule has 0 aromatic heterocycles. The second-order valence-electron chi connectivity index (χ2n) is 4.43. The third-order valence-electron chi connectivity index (χ3n) is 3.13. The highest BCUT2D eigenvalue weighted by Crippen LogP contribution is 2.31. The molecule has 0 amide bonds. The van der Waals surface area contributed by atoms with Gasteiger partial charge in [0.25, 0.3) is 0 Å². The maximum absolute atomic E-state index is 13.1. The molecule has 0 bridgehead atoms. The number of hydrogen-bond donors (Lipinski definition) is 1. The Morgan fingerprint density at radius 1 is 1.20 bits per heavy atom. The van der Waals surface area contributed by atoms with Gasteiger partial charge < -0.3 is 10.1 Å². The molecule has 0 aliphatic heterocycles. The van der Waals surface area contributed by atoms with Crippen LogP contribution in [0.25, 0.3) is 0 Å². The highest BCUT2D eigenvalue weighted by atomic mass is 79.9. The van der Waals surface area contributed by atoms with E-state index < -0.39 is 0 Å². The molecule has 0 radical (unpaired) electrons. The zero-order valence-electron chi connectivity index (χ0n) is 11.5. The number of hydrogen-bond acceptors (Lipinski definition) is 2. The average molecular weight is 338 g/mol. The normalized spacial score (nSPS) is 12.2. The fourth-order valence-corrected chi connectivity index (χ4v) is 2.61. The van der Waals surface area contributed by atoms with Gasteiger partial charge in [0.2, 0.25) is 0 Å². The number of ether oxygens (including phenoxy) is 1. The third-order valence-corrected chi connectivity index (χ3v) is 3.85. The molecule has 2 nitrogen and oxygen atoms in total. The van der Waals surface area contributed by atoms with Gasteiger partial charge in [0.15, 0.2) is 0 Å². The summed E-state index contributed by atoms with van der Waals surface area (Å²) in [7, 11) is 1.65. The minimum Gasteiger partial charge on any atom is -0.497 e. The van der Waals surface area contributed by atoms with Crippen LogP contribution < -0.4 is 10.1 Å². The lowest BCUT2D eigenvalue weighted by atomic mass is 9.98. The minimum atomic E-state index is -0.228. The molecule has 0 heterocycles. The monoisotopic (exact) mass is 337 g/mol. The summed E-state index contributed by atoms with van der Waals surface area (Å²) in [4.78, 5) is 0. The zero-order valence-corrected chi connectivity index (χ0v) is 13.1. The van der Waals surface area contributed by atoms with Gasteiger partial charge in [-0.3, -0.25) is 0 Å². The maximum atomic E-state index is 13.1. The Hall–Kier alpha value is -1.39. The first-order chi connectivity index (χ1) is 9.65. The predicted molar refractivity (Wildman–Crippen MR) is 82.6 cm³/mol. The van der Waals surface area contributed by atoms with Crippen LogP contribution >= 0.6 is 15.9 Å². The second-order valence-corrected chi connectivity index (χ2v) is 5.28. The lowest BCUT2D eigenvalue weighted by Gasteiger charge is -2.21. The van der Waals surface area contributed by atoms with Crippen molar-refractivity contribution in [2.45, 2.75) is 13.0 Å². The van der Waals surface area contributed by atoms with Gasteiger partial charge >= 0.3 is 0 Å². The van der Waals surface area contributed by atoms with Crippen molar-refractivity contribution in [3.8, 4) is 5.75 Å². The van der Waals surface area contributed by atoms with Crippen molar-refractivity contribution < 1.29 is 9.13 Å². The van der Waals surface area contributed by atoms with Crippen molar-refractivity contribution in [1.82, 2.24) is 5.32 Å². The molecule has 0 fully saturated rings. The van der Waals surface area contributed by atoms with Gasteiger partial charge in [0.05, 0.1) is 13.2 Å². The molecule has 2 aromatic rings. The molecule has 20 heavy (non-hydrogen) atoms. The summed E-state index contributed by atoms with van der Waals surface area (Å²) >= 11 is 3.57. The Morgan fingerprint density at radius 3 is 2.50 bits per heavy atom. The average Bonchev–Trinajstić information content (AvgIpc) is 2.47. The molecule has 1 atom stereocenters. The van der Waals surface area contributed by atoms with E-state index in [1.165, 1.54) is 12.1 Å². The van der Waals surface area contributed by atoms with E-state index in [1.54, 1.807) is 19.2 Å². The van der Waals surface area contributed by atoms with Crippen LogP contribution in [0.2, 0.25) is 0 Å². The maximum Gasteiger partial charge on any atom is 0.123 e. The summed E-state index contributed by atoms with van der Waals surface area (Å²) in [5.74, 6) is 0.571. The lowest BCUT2D eigenvalue weighted by Crippen LogP contribution is -2.22. The topological polar surface area (TPSA) is 21.3 Å². The molecule has 2 aromatic carbocycles. The van der Waals surface area contributed by atoms with Crippen LogP contribution in [0, 0.1) is 5.82 Å². The van der Waals surface area contributed by atoms with Crippen LogP contribution in [-0.4, -0.2) is 13.7 Å². The lowest BCUT2D eigenvalue weighted by molar-refractivity contribution is 0.413. The first-order valence-corrected chi connectivity index (χ1v) is 7.27. The number of methoxy groups -OCH3 is 1. The molecule has 0 aliphatic carbocycles. The largest absolute Gasteiger partial charge is 0.497 e. The van der Waals surface area contributed by atoms with E-state index in [9.17, 15) is 4.39 Å². The standard InChI is InChI=1S/C16H17BrFNO/c1-3-19-16(11-4-6-12(18)7-5-11)14-10-13(20-2)8-9-15(14)17/h4-10,16,19H,3H2,1-2H3. The summed E-state index contributed by atoms with van der Waals surface area (Å²) in [6, 6.07) is 12.4. The van der Waals surface area contributed by atoms with Crippen LogP contribution in [0.5, 0.6) is 5.75 Å². The van der Waals surface area contributed by atoms with Gasteiger partial charge in [-0.2, -0.15) is 0 Å². The van der Waals surface area contributed by atoms with Crippen LogP contribution in [-0.2, 0) is 0 Å². The van der Waals surface area contributed by atoms with Crippen molar-refractivity contribution in [2.75, 3.05) is 13.7 Å². The Balaban J connectivity index is 2.44. The van der Waals surface area contributed by atoms with Crippen molar-refractivity contribution in [3.63, 3.8) is 0 Å². The summed E-state index contributed by atoms with van der Waals surface area (Å²) < 4.78 is 19.4. The smallest absolute Gasteiger partial charge is 0.123 e. The van der Waals surface area contributed by atoms with Crippen LogP contribution in [0.1, 0.15) is 24.1 Å². The fourth-order valence-electron chi connectivity index (χ4n) is 2.14. The molecule has 0 saturated carbocycles. The van der Waals surface area contributed by atoms with E-state index in [0.29, 0.717) is 0 Å². The van der Waals surface area contributed by atoms with Crippen molar-refractivity contribution in [3.05, 3.63) is 63.9 Å². The van der Waals surface area contributed by atoms with E-state index >= 15 is 0 Å². The predicted octanol–water partition coefficient (Wildman–Crippen LogP) is 4.30. The highest BCUT2D eigenvalue weighted by molar-refractivity contribution is 9.10. The van der Waals surface area contributed by atoms with E-state index in [4.69, 9.17) is 4.74 Å². The van der Waals surface area contributed by atoms with Gasteiger partial charge in [0.1, 0.15) is 11.6 Å². The highest BCUT2D eigenvalue weighted by Gasteiger charge is 2.16. The first-order valence-electron chi connectivity index (χ1n) is 6.48. The Kier molecular flexibility index (Phi) is 5.15. The van der Waals surface area contributed by atoms with Gasteiger partial charge in [-0.1, -0.05) is 35.0 Å².